The Morgan fingerprint density at radius 3 is 2.13 bits per heavy atom. The van der Waals surface area contributed by atoms with Crippen molar-refractivity contribution in [1.29, 1.82) is 0 Å². The third-order valence-electron chi connectivity index (χ3n) is 2.04. The summed E-state index contributed by atoms with van der Waals surface area (Å²) >= 11 is 0. The van der Waals surface area contributed by atoms with Crippen LogP contribution in [0.25, 0.3) is 0 Å². The number of hydrogen-bond donors (Lipinski definition) is 1. The topological polar surface area (TPSA) is 20.2 Å². The predicted octanol–water partition coefficient (Wildman–Crippen LogP) is 3.67. The van der Waals surface area contributed by atoms with E-state index in [0.717, 1.165) is 6.07 Å². The Morgan fingerprint density at radius 1 is 1.20 bits per heavy atom. The maximum atomic E-state index is 13.2. The van der Waals surface area contributed by atoms with E-state index in [1.54, 1.807) is 13.8 Å². The number of hydrogen-bond acceptors (Lipinski definition) is 1. The molecular weight excluding hydrogens is 212 g/mol. The monoisotopic (exact) mass is 222 g/mol. The van der Waals surface area contributed by atoms with Crippen LogP contribution in [0.15, 0.2) is 12.1 Å². The lowest BCUT2D eigenvalue weighted by Gasteiger charge is -2.13. The molecule has 1 rings (SSSR count). The average molecular weight is 222 g/mol. The smallest absolute Gasteiger partial charge is 0.420 e. The van der Waals surface area contributed by atoms with Gasteiger partial charge in [-0.05, 0) is 23.6 Å². The molecule has 0 radical (unpaired) electrons. The fraction of sp³-hybridized carbons (Fsp3) is 0.400. The molecule has 0 aliphatic heterocycles. The van der Waals surface area contributed by atoms with Crippen LogP contribution in [0.4, 0.5) is 17.6 Å². The van der Waals surface area contributed by atoms with E-state index >= 15 is 0 Å². The Bertz CT molecular complexity index is 368. The SMILES string of the molecule is CC(C)c1cc(O)c(C(F)(F)F)cc1F. The summed E-state index contributed by atoms with van der Waals surface area (Å²) in [5.41, 5.74) is -1.27. The quantitative estimate of drug-likeness (QED) is 0.718. The van der Waals surface area contributed by atoms with Gasteiger partial charge in [0.05, 0.1) is 0 Å². The highest BCUT2D eigenvalue weighted by Gasteiger charge is 2.35. The third-order valence-corrected chi connectivity index (χ3v) is 2.04. The fourth-order valence-electron chi connectivity index (χ4n) is 1.25. The lowest BCUT2D eigenvalue weighted by molar-refractivity contribution is -0.139. The molecule has 0 aliphatic carbocycles. The zero-order chi connectivity index (χ0) is 11.8. The molecule has 0 heterocycles. The first-order valence-corrected chi connectivity index (χ1v) is 4.33. The predicted molar refractivity (Wildman–Crippen MR) is 47.2 cm³/mol. The molecule has 1 aromatic rings. The molecule has 0 unspecified atom stereocenters. The lowest BCUT2D eigenvalue weighted by Crippen LogP contribution is -2.07. The third kappa shape index (κ3) is 2.40. The summed E-state index contributed by atoms with van der Waals surface area (Å²) in [4.78, 5) is 0. The van der Waals surface area contributed by atoms with Crippen molar-refractivity contribution in [2.24, 2.45) is 0 Å². The second kappa shape index (κ2) is 3.72. The second-order valence-corrected chi connectivity index (χ2v) is 3.54. The molecule has 1 N–H and O–H groups in total. The van der Waals surface area contributed by atoms with Crippen molar-refractivity contribution in [3.8, 4) is 5.75 Å². The van der Waals surface area contributed by atoms with Gasteiger partial charge in [-0.15, -0.1) is 0 Å². The standard InChI is InChI=1S/C10H10F4O/c1-5(2)6-3-9(15)7(4-8(6)11)10(12,13)14/h3-5,15H,1-2H3. The first-order chi connectivity index (χ1) is 6.73. The van der Waals surface area contributed by atoms with Gasteiger partial charge in [0.2, 0.25) is 0 Å². The summed E-state index contributed by atoms with van der Waals surface area (Å²) in [5, 5.41) is 9.11. The largest absolute Gasteiger partial charge is 0.507 e. The van der Waals surface area contributed by atoms with E-state index in [1.165, 1.54) is 0 Å². The van der Waals surface area contributed by atoms with Crippen molar-refractivity contribution in [3.05, 3.63) is 29.1 Å². The number of phenolic OH excluding ortho intramolecular Hbond substituents is 1. The van der Waals surface area contributed by atoms with Gasteiger partial charge < -0.3 is 5.11 Å². The Balaban J connectivity index is 3.32. The highest BCUT2D eigenvalue weighted by Crippen LogP contribution is 2.38. The van der Waals surface area contributed by atoms with Crippen molar-refractivity contribution in [1.82, 2.24) is 0 Å². The van der Waals surface area contributed by atoms with Gasteiger partial charge in [0.15, 0.2) is 0 Å². The van der Waals surface area contributed by atoms with E-state index in [1.807, 2.05) is 0 Å². The van der Waals surface area contributed by atoms with E-state index in [9.17, 15) is 17.6 Å². The van der Waals surface area contributed by atoms with Crippen LogP contribution in [0.3, 0.4) is 0 Å². The molecule has 0 spiro atoms. The van der Waals surface area contributed by atoms with Gasteiger partial charge in [-0.25, -0.2) is 4.39 Å². The summed E-state index contributed by atoms with van der Waals surface area (Å²) in [7, 11) is 0. The molecule has 0 fully saturated rings. The molecule has 0 aromatic heterocycles. The first-order valence-electron chi connectivity index (χ1n) is 4.33. The Kier molecular flexibility index (Phi) is 2.93. The molecule has 0 bridgehead atoms. The van der Waals surface area contributed by atoms with Gasteiger partial charge in [-0.2, -0.15) is 13.2 Å². The van der Waals surface area contributed by atoms with Crippen LogP contribution < -0.4 is 0 Å². The summed E-state index contributed by atoms with van der Waals surface area (Å²) in [6.45, 7) is 3.26. The van der Waals surface area contributed by atoms with Crippen molar-refractivity contribution in [2.45, 2.75) is 25.9 Å². The van der Waals surface area contributed by atoms with Crippen LogP contribution in [0.5, 0.6) is 5.75 Å². The van der Waals surface area contributed by atoms with Crippen LogP contribution >= 0.6 is 0 Å². The maximum absolute atomic E-state index is 13.2. The van der Waals surface area contributed by atoms with E-state index in [2.05, 4.69) is 0 Å². The molecule has 0 saturated carbocycles. The lowest BCUT2D eigenvalue weighted by atomic mass is 10.00. The highest BCUT2D eigenvalue weighted by atomic mass is 19.4. The minimum absolute atomic E-state index is 0.0699. The van der Waals surface area contributed by atoms with Crippen LogP contribution in [-0.4, -0.2) is 5.11 Å². The van der Waals surface area contributed by atoms with E-state index in [4.69, 9.17) is 5.11 Å². The van der Waals surface area contributed by atoms with Gasteiger partial charge in [-0.3, -0.25) is 0 Å². The summed E-state index contributed by atoms with van der Waals surface area (Å²) < 4.78 is 49.9. The Morgan fingerprint density at radius 2 is 1.73 bits per heavy atom. The molecule has 1 aromatic carbocycles. The normalized spacial score (nSPS) is 12.2. The zero-order valence-corrected chi connectivity index (χ0v) is 8.19. The highest BCUT2D eigenvalue weighted by molar-refractivity contribution is 5.40. The molecule has 0 amide bonds. The van der Waals surface area contributed by atoms with Crippen LogP contribution in [0.1, 0.15) is 30.9 Å². The maximum Gasteiger partial charge on any atom is 0.420 e. The Labute approximate surface area is 84.3 Å². The Hall–Kier alpha value is -1.26. The fourth-order valence-corrected chi connectivity index (χ4v) is 1.25. The molecule has 84 valence electrons. The van der Waals surface area contributed by atoms with Crippen molar-refractivity contribution >= 4 is 0 Å². The van der Waals surface area contributed by atoms with Gasteiger partial charge in [0.25, 0.3) is 0 Å². The van der Waals surface area contributed by atoms with E-state index in [0.29, 0.717) is 6.07 Å². The number of alkyl halides is 3. The van der Waals surface area contributed by atoms with Gasteiger partial charge in [0.1, 0.15) is 17.1 Å². The summed E-state index contributed by atoms with van der Waals surface area (Å²) in [6, 6.07) is 1.15. The first kappa shape index (κ1) is 11.8. The molecule has 1 nitrogen and oxygen atoms in total. The number of rotatable bonds is 1. The number of phenols is 1. The van der Waals surface area contributed by atoms with Crippen molar-refractivity contribution in [3.63, 3.8) is 0 Å². The molecule has 0 saturated heterocycles. The average Bonchev–Trinajstić information content (AvgIpc) is 2.06. The number of aromatic hydroxyl groups is 1. The van der Waals surface area contributed by atoms with Crippen molar-refractivity contribution < 1.29 is 22.7 Å². The minimum atomic E-state index is -4.74. The zero-order valence-electron chi connectivity index (χ0n) is 8.19. The molecular formula is C10H10F4O. The molecule has 15 heavy (non-hydrogen) atoms. The summed E-state index contributed by atoms with van der Waals surface area (Å²) in [6.07, 6.45) is -4.74. The molecule has 0 aliphatic rings. The molecule has 5 heteroatoms. The number of benzene rings is 1. The van der Waals surface area contributed by atoms with Crippen LogP contribution in [0, 0.1) is 5.82 Å². The van der Waals surface area contributed by atoms with Gasteiger partial charge in [-0.1, -0.05) is 13.8 Å². The van der Waals surface area contributed by atoms with E-state index < -0.39 is 23.3 Å². The van der Waals surface area contributed by atoms with Crippen molar-refractivity contribution in [2.75, 3.05) is 0 Å². The second-order valence-electron chi connectivity index (χ2n) is 3.54. The summed E-state index contributed by atoms with van der Waals surface area (Å²) in [5.74, 6) is -2.17. The van der Waals surface area contributed by atoms with Crippen LogP contribution in [-0.2, 0) is 6.18 Å². The number of halogens is 4. The van der Waals surface area contributed by atoms with Gasteiger partial charge in [0, 0.05) is 0 Å². The van der Waals surface area contributed by atoms with Crippen LogP contribution in [0.2, 0.25) is 0 Å². The van der Waals surface area contributed by atoms with E-state index in [-0.39, 0.29) is 11.5 Å². The molecule has 0 atom stereocenters. The van der Waals surface area contributed by atoms with Gasteiger partial charge >= 0.3 is 6.18 Å². The minimum Gasteiger partial charge on any atom is -0.507 e.